The first-order valence-corrected chi connectivity index (χ1v) is 6.99. The lowest BCUT2D eigenvalue weighted by molar-refractivity contribution is -0.122. The fraction of sp³-hybridized carbons (Fsp3) is 0.923. The van der Waals surface area contributed by atoms with Gasteiger partial charge in [0.2, 0.25) is 5.91 Å². The van der Waals surface area contributed by atoms with Crippen LogP contribution in [-0.4, -0.2) is 49.1 Å². The van der Waals surface area contributed by atoms with Crippen molar-refractivity contribution in [3.63, 3.8) is 0 Å². The third kappa shape index (κ3) is 4.28. The first-order chi connectivity index (χ1) is 8.24. The zero-order valence-electron chi connectivity index (χ0n) is 10.9. The van der Waals surface area contributed by atoms with E-state index in [2.05, 4.69) is 22.5 Å². The molecule has 2 heterocycles. The second kappa shape index (κ2) is 6.36. The molecule has 0 radical (unpaired) electrons. The van der Waals surface area contributed by atoms with E-state index >= 15 is 0 Å². The van der Waals surface area contributed by atoms with Gasteiger partial charge in [-0.25, -0.2) is 0 Å². The van der Waals surface area contributed by atoms with Gasteiger partial charge in [0.25, 0.3) is 0 Å². The van der Waals surface area contributed by atoms with Crippen molar-refractivity contribution in [1.29, 1.82) is 0 Å². The highest BCUT2D eigenvalue weighted by molar-refractivity contribution is 5.76. The van der Waals surface area contributed by atoms with Gasteiger partial charge in [0.1, 0.15) is 0 Å². The Balaban J connectivity index is 1.62. The highest BCUT2D eigenvalue weighted by atomic mass is 16.1. The van der Waals surface area contributed by atoms with Gasteiger partial charge in [0.15, 0.2) is 0 Å². The topological polar surface area (TPSA) is 44.4 Å². The van der Waals surface area contributed by atoms with Crippen LogP contribution < -0.4 is 10.6 Å². The Morgan fingerprint density at radius 3 is 2.88 bits per heavy atom. The van der Waals surface area contributed by atoms with Gasteiger partial charge in [-0.2, -0.15) is 0 Å². The largest absolute Gasteiger partial charge is 0.353 e. The van der Waals surface area contributed by atoms with Crippen LogP contribution in [-0.2, 0) is 4.79 Å². The molecule has 98 valence electrons. The molecule has 2 rings (SSSR count). The molecule has 0 aromatic heterocycles. The summed E-state index contributed by atoms with van der Waals surface area (Å²) in [7, 11) is 0. The fourth-order valence-corrected chi connectivity index (χ4v) is 2.83. The molecular weight excluding hydrogens is 214 g/mol. The van der Waals surface area contributed by atoms with Gasteiger partial charge in [0, 0.05) is 25.0 Å². The summed E-state index contributed by atoms with van der Waals surface area (Å²) in [6.45, 7) is 6.50. The fourth-order valence-electron chi connectivity index (χ4n) is 2.83. The third-order valence-electron chi connectivity index (χ3n) is 3.84. The molecule has 2 fully saturated rings. The van der Waals surface area contributed by atoms with Crippen molar-refractivity contribution in [3.05, 3.63) is 0 Å². The molecule has 2 aliphatic rings. The molecule has 2 unspecified atom stereocenters. The molecule has 1 amide bonds. The smallest absolute Gasteiger partial charge is 0.221 e. The average molecular weight is 239 g/mol. The Morgan fingerprint density at radius 2 is 2.18 bits per heavy atom. The van der Waals surface area contributed by atoms with Crippen molar-refractivity contribution >= 4 is 5.91 Å². The number of carbonyl (C=O) groups excluding carboxylic acids is 1. The second-order valence-electron chi connectivity index (χ2n) is 5.44. The summed E-state index contributed by atoms with van der Waals surface area (Å²) >= 11 is 0. The Bertz CT molecular complexity index is 251. The van der Waals surface area contributed by atoms with E-state index < -0.39 is 0 Å². The molecule has 0 aliphatic carbocycles. The number of carbonyl (C=O) groups is 1. The number of nitrogens with one attached hydrogen (secondary N) is 2. The lowest BCUT2D eigenvalue weighted by Crippen LogP contribution is -2.47. The van der Waals surface area contributed by atoms with Crippen molar-refractivity contribution in [2.24, 2.45) is 0 Å². The molecule has 2 N–H and O–H groups in total. The number of nitrogens with zero attached hydrogens (tertiary/aromatic N) is 1. The molecule has 2 saturated heterocycles. The lowest BCUT2D eigenvalue weighted by atomic mass is 10.0. The number of likely N-dealkylation sites (tertiary alicyclic amines) is 1. The molecule has 0 spiro atoms. The van der Waals surface area contributed by atoms with E-state index in [1.807, 2.05) is 0 Å². The molecule has 2 aliphatic heterocycles. The Morgan fingerprint density at radius 1 is 1.41 bits per heavy atom. The van der Waals surface area contributed by atoms with Gasteiger partial charge >= 0.3 is 0 Å². The molecular formula is C13H25N3O. The maximum Gasteiger partial charge on any atom is 0.221 e. The Hall–Kier alpha value is -0.610. The van der Waals surface area contributed by atoms with Crippen molar-refractivity contribution in [1.82, 2.24) is 15.5 Å². The summed E-state index contributed by atoms with van der Waals surface area (Å²) in [5.41, 5.74) is 0. The van der Waals surface area contributed by atoms with E-state index in [1.54, 1.807) is 0 Å². The van der Waals surface area contributed by atoms with Gasteiger partial charge < -0.3 is 15.5 Å². The van der Waals surface area contributed by atoms with Crippen LogP contribution in [0.4, 0.5) is 0 Å². The third-order valence-corrected chi connectivity index (χ3v) is 3.84. The lowest BCUT2D eigenvalue weighted by Gasteiger charge is -2.28. The zero-order valence-corrected chi connectivity index (χ0v) is 10.9. The van der Waals surface area contributed by atoms with Gasteiger partial charge in [-0.1, -0.05) is 0 Å². The van der Waals surface area contributed by atoms with Crippen LogP contribution in [0.3, 0.4) is 0 Å². The predicted octanol–water partition coefficient (Wildman–Crippen LogP) is 0.729. The van der Waals surface area contributed by atoms with Crippen LogP contribution in [0.15, 0.2) is 0 Å². The quantitative estimate of drug-likeness (QED) is 0.760. The standard InChI is InChI=1S/C13H25N3O/c1-11-10-12(4-6-14-11)15-13(17)5-9-16-7-2-3-8-16/h11-12,14H,2-10H2,1H3,(H,15,17). The van der Waals surface area contributed by atoms with Gasteiger partial charge in [-0.15, -0.1) is 0 Å². The van der Waals surface area contributed by atoms with Crippen molar-refractivity contribution in [3.8, 4) is 0 Å². The molecule has 0 aromatic rings. The van der Waals surface area contributed by atoms with E-state index in [9.17, 15) is 4.79 Å². The Labute approximate surface area is 104 Å². The minimum Gasteiger partial charge on any atom is -0.353 e. The van der Waals surface area contributed by atoms with Crippen molar-refractivity contribution in [2.45, 2.75) is 51.1 Å². The summed E-state index contributed by atoms with van der Waals surface area (Å²) in [5, 5.41) is 6.57. The highest BCUT2D eigenvalue weighted by Gasteiger charge is 2.20. The molecule has 4 heteroatoms. The summed E-state index contributed by atoms with van der Waals surface area (Å²) in [5.74, 6) is 0.232. The van der Waals surface area contributed by atoms with E-state index in [-0.39, 0.29) is 5.91 Å². The number of piperidine rings is 1. The SMILES string of the molecule is CC1CC(NC(=O)CCN2CCCC2)CCN1. The van der Waals surface area contributed by atoms with E-state index in [4.69, 9.17) is 0 Å². The summed E-state index contributed by atoms with van der Waals surface area (Å²) in [4.78, 5) is 14.2. The minimum atomic E-state index is 0.232. The van der Waals surface area contributed by atoms with Crippen LogP contribution in [0, 0.1) is 0 Å². The van der Waals surface area contributed by atoms with Gasteiger partial charge in [-0.3, -0.25) is 4.79 Å². The van der Waals surface area contributed by atoms with Crippen LogP contribution in [0.25, 0.3) is 0 Å². The van der Waals surface area contributed by atoms with Crippen LogP contribution >= 0.6 is 0 Å². The number of hydrogen-bond acceptors (Lipinski definition) is 3. The monoisotopic (exact) mass is 239 g/mol. The molecule has 0 bridgehead atoms. The van der Waals surface area contributed by atoms with Crippen LogP contribution in [0.2, 0.25) is 0 Å². The molecule has 0 saturated carbocycles. The van der Waals surface area contributed by atoms with E-state index in [0.29, 0.717) is 18.5 Å². The summed E-state index contributed by atoms with van der Waals surface area (Å²) < 4.78 is 0. The first kappa shape index (κ1) is 12.8. The number of amides is 1. The highest BCUT2D eigenvalue weighted by Crippen LogP contribution is 2.09. The summed E-state index contributed by atoms with van der Waals surface area (Å²) in [6, 6.07) is 0.921. The van der Waals surface area contributed by atoms with Crippen LogP contribution in [0.5, 0.6) is 0 Å². The number of rotatable bonds is 4. The maximum atomic E-state index is 11.8. The van der Waals surface area contributed by atoms with Crippen LogP contribution in [0.1, 0.15) is 39.0 Å². The van der Waals surface area contributed by atoms with Crippen molar-refractivity contribution < 1.29 is 4.79 Å². The van der Waals surface area contributed by atoms with Gasteiger partial charge in [-0.05, 0) is 52.2 Å². The molecule has 2 atom stereocenters. The summed E-state index contributed by atoms with van der Waals surface area (Å²) in [6.07, 6.45) is 5.40. The van der Waals surface area contributed by atoms with E-state index in [1.165, 1.54) is 25.9 Å². The molecule has 0 aromatic carbocycles. The van der Waals surface area contributed by atoms with Crippen molar-refractivity contribution in [2.75, 3.05) is 26.2 Å². The average Bonchev–Trinajstić information content (AvgIpc) is 2.79. The molecule has 4 nitrogen and oxygen atoms in total. The number of hydrogen-bond donors (Lipinski definition) is 2. The predicted molar refractivity (Wildman–Crippen MR) is 68.9 cm³/mol. The maximum absolute atomic E-state index is 11.8. The zero-order chi connectivity index (χ0) is 12.1. The molecule has 17 heavy (non-hydrogen) atoms. The van der Waals surface area contributed by atoms with Gasteiger partial charge in [0.05, 0.1) is 0 Å². The minimum absolute atomic E-state index is 0.232. The first-order valence-electron chi connectivity index (χ1n) is 6.99. The Kier molecular flexibility index (Phi) is 4.80. The van der Waals surface area contributed by atoms with E-state index in [0.717, 1.165) is 25.9 Å². The normalized spacial score (nSPS) is 30.4. The second-order valence-corrected chi connectivity index (χ2v) is 5.44.